The van der Waals surface area contributed by atoms with Crippen LogP contribution in [0.15, 0.2) is 71.6 Å². The van der Waals surface area contributed by atoms with Crippen LogP contribution in [0, 0.1) is 0 Å². The van der Waals surface area contributed by atoms with Crippen LogP contribution in [0.2, 0.25) is 20.1 Å². The van der Waals surface area contributed by atoms with Gasteiger partial charge in [-0.1, -0.05) is 77.8 Å². The normalized spacial score (nSPS) is 14.7. The van der Waals surface area contributed by atoms with Crippen LogP contribution in [0.3, 0.4) is 0 Å². The number of halogens is 4. The van der Waals surface area contributed by atoms with Crippen LogP contribution in [-0.4, -0.2) is 43.8 Å². The molecule has 0 bridgehead atoms. The third-order valence-electron chi connectivity index (χ3n) is 7.23. The minimum Gasteiger partial charge on any atom is -0.352 e. The Bertz CT molecular complexity index is 1530. The average Bonchev–Trinajstić information content (AvgIpc) is 2.96. The van der Waals surface area contributed by atoms with Gasteiger partial charge in [-0.15, -0.1) is 0 Å². The van der Waals surface area contributed by atoms with Gasteiger partial charge in [-0.25, -0.2) is 8.42 Å². The van der Waals surface area contributed by atoms with Crippen LogP contribution >= 0.6 is 46.4 Å². The van der Waals surface area contributed by atoms with Gasteiger partial charge in [0.05, 0.1) is 20.6 Å². The second-order valence-corrected chi connectivity index (χ2v) is 13.8. The first-order valence-corrected chi connectivity index (χ1v) is 16.5. The first kappa shape index (κ1) is 32.4. The number of benzene rings is 3. The number of carbonyl (C=O) groups is 2. The highest BCUT2D eigenvalue weighted by Crippen LogP contribution is 2.28. The van der Waals surface area contributed by atoms with Crippen LogP contribution in [0.25, 0.3) is 0 Å². The Labute approximate surface area is 266 Å². The number of hydrogen-bond donors (Lipinski definition) is 1. The third kappa shape index (κ3) is 8.11. The van der Waals surface area contributed by atoms with E-state index in [2.05, 4.69) is 5.32 Å². The topological polar surface area (TPSA) is 86.8 Å². The Morgan fingerprint density at radius 3 is 2.21 bits per heavy atom. The maximum absolute atomic E-state index is 14.1. The molecule has 1 aliphatic rings. The van der Waals surface area contributed by atoms with E-state index >= 15 is 0 Å². The summed E-state index contributed by atoms with van der Waals surface area (Å²) in [6.45, 7) is 1.04. The zero-order valence-corrected chi connectivity index (χ0v) is 26.7. The molecule has 1 N–H and O–H groups in total. The summed E-state index contributed by atoms with van der Waals surface area (Å²) in [5.74, 6) is -0.907. The van der Waals surface area contributed by atoms with E-state index in [9.17, 15) is 18.0 Å². The van der Waals surface area contributed by atoms with Crippen molar-refractivity contribution in [2.24, 2.45) is 0 Å². The lowest BCUT2D eigenvalue weighted by Gasteiger charge is -2.33. The van der Waals surface area contributed by atoms with Gasteiger partial charge in [-0.2, -0.15) is 0 Å². The fourth-order valence-corrected chi connectivity index (χ4v) is 6.92. The van der Waals surface area contributed by atoms with Gasteiger partial charge in [-0.05, 0) is 79.9 Å². The summed E-state index contributed by atoms with van der Waals surface area (Å²) in [5.41, 5.74) is 0.824. The van der Waals surface area contributed by atoms with Gasteiger partial charge in [0, 0.05) is 22.6 Å². The summed E-state index contributed by atoms with van der Waals surface area (Å²) in [6.07, 6.45) is 4.94. The van der Waals surface area contributed by atoms with Gasteiger partial charge in [0.2, 0.25) is 11.8 Å². The minimum absolute atomic E-state index is 0.000641. The van der Waals surface area contributed by atoms with Crippen molar-refractivity contribution < 1.29 is 18.0 Å². The summed E-state index contributed by atoms with van der Waals surface area (Å²) in [4.78, 5) is 28.8. The zero-order valence-electron chi connectivity index (χ0n) is 22.9. The highest BCUT2D eigenvalue weighted by Gasteiger charge is 2.33. The van der Waals surface area contributed by atoms with E-state index in [4.69, 9.17) is 46.4 Å². The largest absolute Gasteiger partial charge is 0.352 e. The SMILES string of the molecule is C[C@@H](C(=O)NC1CCCCC1)N(Cc1ccc(Cl)c(Cl)c1)C(=O)CN(c1cccc(Cl)c1)S(=O)(=O)c1ccc(Cl)cc1. The summed E-state index contributed by atoms with van der Waals surface area (Å²) < 4.78 is 28.7. The molecule has 1 saturated carbocycles. The molecule has 3 aromatic carbocycles. The molecule has 1 atom stereocenters. The molecule has 0 saturated heterocycles. The molecule has 224 valence electrons. The molecule has 2 amide bonds. The highest BCUT2D eigenvalue weighted by molar-refractivity contribution is 7.92. The Kier molecular flexibility index (Phi) is 11.1. The minimum atomic E-state index is -4.24. The van der Waals surface area contributed by atoms with E-state index in [0.717, 1.165) is 36.4 Å². The maximum Gasteiger partial charge on any atom is 0.264 e. The molecule has 0 unspecified atom stereocenters. The lowest BCUT2D eigenvalue weighted by molar-refractivity contribution is -0.139. The molecular weight excluding hydrogens is 640 g/mol. The molecule has 7 nitrogen and oxygen atoms in total. The first-order valence-electron chi connectivity index (χ1n) is 13.5. The van der Waals surface area contributed by atoms with Crippen LogP contribution < -0.4 is 9.62 Å². The molecule has 3 aromatic rings. The fourth-order valence-electron chi connectivity index (χ4n) is 4.88. The predicted molar refractivity (Wildman–Crippen MR) is 169 cm³/mol. The van der Waals surface area contributed by atoms with E-state index in [-0.39, 0.29) is 29.1 Å². The monoisotopic (exact) mass is 669 g/mol. The van der Waals surface area contributed by atoms with Gasteiger partial charge in [-0.3, -0.25) is 13.9 Å². The Morgan fingerprint density at radius 1 is 0.881 bits per heavy atom. The molecule has 0 aromatic heterocycles. The lowest BCUT2D eigenvalue weighted by Crippen LogP contribution is -2.53. The zero-order chi connectivity index (χ0) is 30.4. The van der Waals surface area contributed by atoms with Crippen LogP contribution in [0.4, 0.5) is 5.69 Å². The quantitative estimate of drug-likeness (QED) is 0.244. The Morgan fingerprint density at radius 2 is 1.57 bits per heavy atom. The number of nitrogens with one attached hydrogen (secondary N) is 1. The Balaban J connectivity index is 1.69. The second-order valence-electron chi connectivity index (χ2n) is 10.2. The van der Waals surface area contributed by atoms with Crippen molar-refractivity contribution in [3.05, 3.63) is 92.4 Å². The van der Waals surface area contributed by atoms with Crippen molar-refractivity contribution in [2.75, 3.05) is 10.8 Å². The van der Waals surface area contributed by atoms with Gasteiger partial charge in [0.15, 0.2) is 0 Å². The molecule has 0 heterocycles. The number of sulfonamides is 1. The fraction of sp³-hybridized carbons (Fsp3) is 0.333. The van der Waals surface area contributed by atoms with Crippen LogP contribution in [-0.2, 0) is 26.2 Å². The number of hydrogen-bond acceptors (Lipinski definition) is 4. The average molecular weight is 671 g/mol. The summed E-state index contributed by atoms with van der Waals surface area (Å²) >= 11 is 24.6. The van der Waals surface area contributed by atoms with Crippen molar-refractivity contribution >= 4 is 73.9 Å². The molecule has 4 rings (SSSR count). The smallest absolute Gasteiger partial charge is 0.264 e. The van der Waals surface area contributed by atoms with E-state index in [1.807, 2.05) is 0 Å². The van der Waals surface area contributed by atoms with Gasteiger partial charge in [0.25, 0.3) is 10.0 Å². The maximum atomic E-state index is 14.1. The predicted octanol–water partition coefficient (Wildman–Crippen LogP) is 7.36. The summed E-state index contributed by atoms with van der Waals surface area (Å²) in [6, 6.07) is 15.9. The van der Waals surface area contributed by atoms with E-state index in [1.165, 1.54) is 35.2 Å². The number of carbonyl (C=O) groups excluding carboxylic acids is 2. The van der Waals surface area contributed by atoms with E-state index in [0.29, 0.717) is 25.7 Å². The van der Waals surface area contributed by atoms with Crippen LogP contribution in [0.5, 0.6) is 0 Å². The first-order chi connectivity index (χ1) is 20.0. The second kappa shape index (κ2) is 14.3. The van der Waals surface area contributed by atoms with Gasteiger partial charge in [0.1, 0.15) is 12.6 Å². The lowest BCUT2D eigenvalue weighted by atomic mass is 9.95. The number of nitrogens with zero attached hydrogens (tertiary/aromatic N) is 2. The van der Waals surface area contributed by atoms with Gasteiger partial charge >= 0.3 is 0 Å². The molecule has 42 heavy (non-hydrogen) atoms. The summed E-state index contributed by atoms with van der Waals surface area (Å²) in [7, 11) is -4.24. The molecular formula is C30H31Cl4N3O4S. The van der Waals surface area contributed by atoms with Gasteiger partial charge < -0.3 is 10.2 Å². The third-order valence-corrected chi connectivity index (χ3v) is 10.2. The molecule has 0 aliphatic heterocycles. The van der Waals surface area contributed by atoms with Crippen molar-refractivity contribution in [3.8, 4) is 0 Å². The number of amides is 2. The standard InChI is InChI=1S/C30H31Cl4N3O4S/c1-20(30(39)35-24-7-3-2-4-8-24)36(18-21-10-15-27(33)28(34)16-21)29(38)19-37(25-9-5-6-23(32)17-25)42(40,41)26-13-11-22(31)12-14-26/h5-6,9-17,20,24H,2-4,7-8,18-19H2,1H3,(H,35,39)/t20-/m0/s1. The molecule has 0 spiro atoms. The van der Waals surface area contributed by atoms with E-state index < -0.39 is 28.5 Å². The van der Waals surface area contributed by atoms with E-state index in [1.54, 1.807) is 43.3 Å². The molecule has 12 heteroatoms. The molecule has 0 radical (unpaired) electrons. The number of rotatable bonds is 10. The van der Waals surface area contributed by atoms with Crippen molar-refractivity contribution in [1.29, 1.82) is 0 Å². The highest BCUT2D eigenvalue weighted by atomic mass is 35.5. The van der Waals surface area contributed by atoms with Crippen molar-refractivity contribution in [2.45, 2.75) is 62.6 Å². The summed E-state index contributed by atoms with van der Waals surface area (Å²) in [5, 5.41) is 4.38. The Hall–Kier alpha value is -2.49. The van der Waals surface area contributed by atoms with Crippen molar-refractivity contribution in [1.82, 2.24) is 10.2 Å². The molecule has 1 aliphatic carbocycles. The van der Waals surface area contributed by atoms with Crippen LogP contribution in [0.1, 0.15) is 44.6 Å². The van der Waals surface area contributed by atoms with Crippen molar-refractivity contribution in [3.63, 3.8) is 0 Å². The molecule has 1 fully saturated rings. The number of anilines is 1.